The van der Waals surface area contributed by atoms with E-state index in [4.69, 9.17) is 4.74 Å². The van der Waals surface area contributed by atoms with Gasteiger partial charge in [0.25, 0.3) is 0 Å². The van der Waals surface area contributed by atoms with Crippen LogP contribution in [0.25, 0.3) is 0 Å². The van der Waals surface area contributed by atoms with Crippen LogP contribution >= 0.6 is 0 Å². The van der Waals surface area contributed by atoms with Crippen molar-refractivity contribution in [2.24, 2.45) is 0 Å². The van der Waals surface area contributed by atoms with Gasteiger partial charge in [-0.3, -0.25) is 0 Å². The van der Waals surface area contributed by atoms with Crippen molar-refractivity contribution in [3.8, 4) is 5.75 Å². The van der Waals surface area contributed by atoms with Gasteiger partial charge < -0.3 is 19.9 Å². The number of nitrogens with zero attached hydrogens (tertiary/aromatic N) is 3. The van der Waals surface area contributed by atoms with Crippen LogP contribution in [0, 0.1) is 5.82 Å². The molecule has 2 aliphatic rings. The number of anilines is 1. The lowest BCUT2D eigenvalue weighted by atomic mass is 10.1. The highest BCUT2D eigenvalue weighted by Gasteiger charge is 2.31. The van der Waals surface area contributed by atoms with E-state index in [0.717, 1.165) is 0 Å². The first-order valence-electron chi connectivity index (χ1n) is 11.1. The Labute approximate surface area is 194 Å². The number of nitrogens with one attached hydrogen (secondary N) is 1. The molecular formula is C23H29FN4O4S. The van der Waals surface area contributed by atoms with Gasteiger partial charge in [-0.25, -0.2) is 17.6 Å². The van der Waals surface area contributed by atoms with E-state index in [1.54, 1.807) is 47.4 Å². The Bertz CT molecular complexity index is 1060. The maximum absolute atomic E-state index is 14.0. The van der Waals surface area contributed by atoms with Gasteiger partial charge in [-0.2, -0.15) is 4.31 Å². The fourth-order valence-electron chi connectivity index (χ4n) is 4.26. The molecule has 33 heavy (non-hydrogen) atoms. The van der Waals surface area contributed by atoms with Gasteiger partial charge in [-0.15, -0.1) is 0 Å². The molecule has 0 aliphatic carbocycles. The highest BCUT2D eigenvalue weighted by molar-refractivity contribution is 7.89. The van der Waals surface area contributed by atoms with Gasteiger partial charge in [0.15, 0.2) is 0 Å². The summed E-state index contributed by atoms with van der Waals surface area (Å²) < 4.78 is 46.3. The Balaban J connectivity index is 1.26. The molecule has 0 spiro atoms. The van der Waals surface area contributed by atoms with E-state index >= 15 is 0 Å². The van der Waals surface area contributed by atoms with Crippen molar-refractivity contribution < 1.29 is 22.3 Å². The maximum Gasteiger partial charge on any atom is 0.317 e. The summed E-state index contributed by atoms with van der Waals surface area (Å²) in [6.07, 6.45) is 1.10. The van der Waals surface area contributed by atoms with Crippen LogP contribution in [0.2, 0.25) is 0 Å². The molecule has 8 nitrogen and oxygen atoms in total. The molecule has 2 fully saturated rings. The molecule has 2 amide bonds. The third-order valence-electron chi connectivity index (χ3n) is 6.24. The topological polar surface area (TPSA) is 82.2 Å². The van der Waals surface area contributed by atoms with Crippen molar-refractivity contribution >= 4 is 21.7 Å². The van der Waals surface area contributed by atoms with Crippen LogP contribution < -0.4 is 15.0 Å². The number of carbonyl (C=O) groups excluding carboxylic acids is 1. The molecule has 10 heteroatoms. The minimum atomic E-state index is -3.58. The van der Waals surface area contributed by atoms with Crippen LogP contribution in [0.5, 0.6) is 5.75 Å². The average Bonchev–Trinajstić information content (AvgIpc) is 2.85. The van der Waals surface area contributed by atoms with Crippen LogP contribution in [-0.2, 0) is 10.0 Å². The van der Waals surface area contributed by atoms with Crippen LogP contribution in [0.15, 0.2) is 53.4 Å². The molecule has 0 radical (unpaired) electrons. The van der Waals surface area contributed by atoms with Crippen LogP contribution in [0.3, 0.4) is 0 Å². The van der Waals surface area contributed by atoms with Gasteiger partial charge >= 0.3 is 6.03 Å². The number of sulfonamides is 1. The van der Waals surface area contributed by atoms with E-state index in [2.05, 4.69) is 5.32 Å². The second kappa shape index (κ2) is 9.96. The van der Waals surface area contributed by atoms with Crippen molar-refractivity contribution in [1.29, 1.82) is 0 Å². The van der Waals surface area contributed by atoms with Gasteiger partial charge in [-0.1, -0.05) is 12.1 Å². The molecule has 2 saturated heterocycles. The molecule has 2 aromatic carbocycles. The SMILES string of the molecule is COc1ccc(S(=O)(=O)N2CCC(NC(=O)N3CCN(c4ccccc4F)CC3)CC2)cc1. The molecular weight excluding hydrogens is 447 g/mol. The number of methoxy groups -OCH3 is 1. The number of ether oxygens (including phenoxy) is 1. The number of urea groups is 1. The molecule has 0 aromatic heterocycles. The summed E-state index contributed by atoms with van der Waals surface area (Å²) in [6, 6.07) is 12.8. The Hall–Kier alpha value is -2.85. The summed E-state index contributed by atoms with van der Waals surface area (Å²) in [6.45, 7) is 2.83. The smallest absolute Gasteiger partial charge is 0.317 e. The maximum atomic E-state index is 14.0. The average molecular weight is 477 g/mol. The largest absolute Gasteiger partial charge is 0.497 e. The monoisotopic (exact) mass is 476 g/mol. The van der Waals surface area contributed by atoms with Crippen LogP contribution in [-0.4, -0.2) is 76.1 Å². The first-order valence-corrected chi connectivity index (χ1v) is 12.5. The Morgan fingerprint density at radius 2 is 1.61 bits per heavy atom. The molecule has 2 aromatic rings. The van der Waals surface area contributed by atoms with E-state index in [0.29, 0.717) is 63.5 Å². The van der Waals surface area contributed by atoms with E-state index in [1.165, 1.54) is 17.5 Å². The zero-order valence-corrected chi connectivity index (χ0v) is 19.4. The molecule has 2 heterocycles. The molecule has 178 valence electrons. The minimum Gasteiger partial charge on any atom is -0.497 e. The van der Waals surface area contributed by atoms with Gasteiger partial charge in [0.1, 0.15) is 11.6 Å². The quantitative estimate of drug-likeness (QED) is 0.717. The zero-order chi connectivity index (χ0) is 23.4. The van der Waals surface area contributed by atoms with Crippen molar-refractivity contribution in [3.63, 3.8) is 0 Å². The number of halogens is 1. The molecule has 0 bridgehead atoms. The van der Waals surface area contributed by atoms with Crippen LogP contribution in [0.4, 0.5) is 14.9 Å². The van der Waals surface area contributed by atoms with E-state index in [1.807, 2.05) is 4.90 Å². The van der Waals surface area contributed by atoms with Gasteiger partial charge in [-0.05, 0) is 49.2 Å². The highest BCUT2D eigenvalue weighted by atomic mass is 32.2. The third kappa shape index (κ3) is 5.22. The van der Waals surface area contributed by atoms with Gasteiger partial charge in [0.2, 0.25) is 10.0 Å². The summed E-state index contributed by atoms with van der Waals surface area (Å²) in [4.78, 5) is 16.6. The number of rotatable bonds is 5. The minimum absolute atomic E-state index is 0.0792. The lowest BCUT2D eigenvalue weighted by Gasteiger charge is -2.38. The number of benzene rings is 2. The number of hydrogen-bond acceptors (Lipinski definition) is 5. The number of hydrogen-bond donors (Lipinski definition) is 1. The summed E-state index contributed by atoms with van der Waals surface area (Å²) in [5, 5.41) is 3.04. The van der Waals surface area contributed by atoms with E-state index in [9.17, 15) is 17.6 Å². The predicted molar refractivity (Wildman–Crippen MR) is 123 cm³/mol. The standard InChI is InChI=1S/C23H29FN4O4S/c1-32-19-6-8-20(9-7-19)33(30,31)28-12-10-18(11-13-28)25-23(29)27-16-14-26(15-17-27)22-5-3-2-4-21(22)24/h2-9,18H,10-17H2,1H3,(H,25,29). The second-order valence-corrected chi connectivity index (χ2v) is 10.2. The Kier molecular flexibility index (Phi) is 7.04. The fraction of sp³-hybridized carbons (Fsp3) is 0.435. The number of amides is 2. The predicted octanol–water partition coefficient (Wildman–Crippen LogP) is 2.52. The summed E-state index contributed by atoms with van der Waals surface area (Å²) in [7, 11) is -2.04. The highest BCUT2D eigenvalue weighted by Crippen LogP contribution is 2.23. The van der Waals surface area contributed by atoms with Crippen molar-refractivity contribution in [2.75, 3.05) is 51.3 Å². The number of piperazine rings is 1. The van der Waals surface area contributed by atoms with Gasteiger partial charge in [0, 0.05) is 45.3 Å². The van der Waals surface area contributed by atoms with Crippen LogP contribution in [0.1, 0.15) is 12.8 Å². The summed E-state index contributed by atoms with van der Waals surface area (Å²) >= 11 is 0. The first-order chi connectivity index (χ1) is 15.9. The van der Waals surface area contributed by atoms with Gasteiger partial charge in [0.05, 0.1) is 17.7 Å². The third-order valence-corrected chi connectivity index (χ3v) is 8.15. The lowest BCUT2D eigenvalue weighted by molar-refractivity contribution is 0.184. The number of para-hydroxylation sites is 1. The Morgan fingerprint density at radius 1 is 0.970 bits per heavy atom. The van der Waals surface area contributed by atoms with Crippen molar-refractivity contribution in [2.45, 2.75) is 23.8 Å². The van der Waals surface area contributed by atoms with E-state index < -0.39 is 10.0 Å². The van der Waals surface area contributed by atoms with Crippen molar-refractivity contribution in [1.82, 2.24) is 14.5 Å². The number of piperidine rings is 1. The normalized spacial score (nSPS) is 18.2. The molecule has 2 aliphatic heterocycles. The number of carbonyl (C=O) groups is 1. The first kappa shape index (κ1) is 23.3. The van der Waals surface area contributed by atoms with Crippen molar-refractivity contribution in [3.05, 3.63) is 54.3 Å². The summed E-state index contributed by atoms with van der Waals surface area (Å²) in [5.41, 5.74) is 0.558. The molecule has 0 unspecified atom stereocenters. The molecule has 1 N–H and O–H groups in total. The second-order valence-electron chi connectivity index (χ2n) is 8.23. The van der Waals surface area contributed by atoms with E-state index in [-0.39, 0.29) is 22.8 Å². The fourth-order valence-corrected chi connectivity index (χ4v) is 5.73. The summed E-state index contributed by atoms with van der Waals surface area (Å²) in [5.74, 6) is 0.344. The zero-order valence-electron chi connectivity index (χ0n) is 18.6. The lowest BCUT2D eigenvalue weighted by Crippen LogP contribution is -2.55. The molecule has 4 rings (SSSR count). The molecule has 0 atom stereocenters. The Morgan fingerprint density at radius 3 is 2.21 bits per heavy atom. The molecule has 0 saturated carbocycles.